The molecule has 0 saturated heterocycles. The monoisotopic (exact) mass is 268 g/mol. The molecule has 1 amide bonds. The summed E-state index contributed by atoms with van der Waals surface area (Å²) < 4.78 is 1.48. The van der Waals surface area contributed by atoms with Gasteiger partial charge in [0.1, 0.15) is 11.7 Å². The van der Waals surface area contributed by atoms with Crippen LogP contribution in [0.3, 0.4) is 0 Å². The molecule has 2 N–H and O–H groups in total. The summed E-state index contributed by atoms with van der Waals surface area (Å²) in [4.78, 5) is 12.1. The number of nitrogens with one attached hydrogen (secondary N) is 1. The van der Waals surface area contributed by atoms with Crippen LogP contribution in [0, 0.1) is 0 Å². The lowest BCUT2D eigenvalue weighted by atomic mass is 10.0. The van der Waals surface area contributed by atoms with Crippen molar-refractivity contribution in [3.63, 3.8) is 0 Å². The Labute approximate surface area is 114 Å². The van der Waals surface area contributed by atoms with Crippen LogP contribution in [-0.2, 0) is 4.79 Å². The van der Waals surface area contributed by atoms with Crippen molar-refractivity contribution in [3.05, 3.63) is 11.9 Å². The quantitative estimate of drug-likeness (QED) is 0.821. The Morgan fingerprint density at radius 3 is 2.68 bits per heavy atom. The summed E-state index contributed by atoms with van der Waals surface area (Å²) in [6.07, 6.45) is 2.42. The highest BCUT2D eigenvalue weighted by Gasteiger charge is 2.24. The highest BCUT2D eigenvalue weighted by Crippen LogP contribution is 2.15. The number of carbonyl (C=O) groups excluding carboxylic acids is 1. The molecule has 6 nitrogen and oxygen atoms in total. The summed E-state index contributed by atoms with van der Waals surface area (Å²) in [6.45, 7) is 9.61. The van der Waals surface area contributed by atoms with Crippen molar-refractivity contribution in [1.29, 1.82) is 0 Å². The maximum absolute atomic E-state index is 12.1. The van der Waals surface area contributed by atoms with E-state index >= 15 is 0 Å². The first kappa shape index (κ1) is 15.6. The third kappa shape index (κ3) is 4.02. The molecular weight excluding hydrogens is 244 g/mol. The molecule has 1 rings (SSSR count). The summed E-state index contributed by atoms with van der Waals surface area (Å²) in [6, 6.07) is -0.448. The summed E-state index contributed by atoms with van der Waals surface area (Å²) in [5.74, 6) is -0.103. The zero-order chi connectivity index (χ0) is 14.6. The van der Waals surface area contributed by atoms with Gasteiger partial charge in [-0.3, -0.25) is 4.79 Å². The molecule has 0 spiro atoms. The number of hydrogen-bond acceptors (Lipinski definition) is 4. The van der Waals surface area contributed by atoms with Crippen LogP contribution in [0.25, 0.3) is 0 Å². The number of aromatic nitrogens is 3. The van der Waals surface area contributed by atoms with Gasteiger partial charge in [-0.2, -0.15) is 0 Å². The average Bonchev–Trinajstić information content (AvgIpc) is 2.85. The van der Waals surface area contributed by atoms with Gasteiger partial charge in [0, 0.05) is 5.54 Å². The Morgan fingerprint density at radius 2 is 2.16 bits per heavy atom. The van der Waals surface area contributed by atoms with Crippen LogP contribution in [0.2, 0.25) is 0 Å². The Balaban J connectivity index is 2.75. The molecular formula is C13H24N4O2. The third-order valence-electron chi connectivity index (χ3n) is 3.38. The van der Waals surface area contributed by atoms with Gasteiger partial charge >= 0.3 is 0 Å². The van der Waals surface area contributed by atoms with Crippen LogP contribution in [0.4, 0.5) is 0 Å². The molecule has 0 saturated carbocycles. The van der Waals surface area contributed by atoms with Crippen LogP contribution in [0.5, 0.6) is 0 Å². The van der Waals surface area contributed by atoms with Crippen LogP contribution < -0.4 is 5.32 Å². The second-order valence-electron chi connectivity index (χ2n) is 5.45. The fourth-order valence-electron chi connectivity index (χ4n) is 1.49. The number of nitrogens with zero attached hydrogens (tertiary/aromatic N) is 3. The van der Waals surface area contributed by atoms with Gasteiger partial charge in [0.25, 0.3) is 0 Å². The zero-order valence-electron chi connectivity index (χ0n) is 12.3. The van der Waals surface area contributed by atoms with E-state index in [2.05, 4.69) is 15.6 Å². The highest BCUT2D eigenvalue weighted by molar-refractivity contribution is 5.80. The lowest BCUT2D eigenvalue weighted by Gasteiger charge is -2.26. The molecule has 19 heavy (non-hydrogen) atoms. The van der Waals surface area contributed by atoms with Crippen LogP contribution in [0.15, 0.2) is 6.20 Å². The van der Waals surface area contributed by atoms with Gasteiger partial charge in [-0.05, 0) is 33.6 Å². The van der Waals surface area contributed by atoms with Crippen molar-refractivity contribution in [3.8, 4) is 0 Å². The fraction of sp³-hybridized carbons (Fsp3) is 0.769. The molecule has 2 atom stereocenters. The van der Waals surface area contributed by atoms with E-state index in [0.717, 1.165) is 6.42 Å². The topological polar surface area (TPSA) is 80.0 Å². The lowest BCUT2D eigenvalue weighted by Crippen LogP contribution is -2.45. The minimum atomic E-state index is -0.629. The minimum Gasteiger partial charge on any atom is -0.387 e. The molecule has 0 fully saturated rings. The van der Waals surface area contributed by atoms with Gasteiger partial charge < -0.3 is 10.4 Å². The molecule has 2 unspecified atom stereocenters. The van der Waals surface area contributed by atoms with Gasteiger partial charge in [0.2, 0.25) is 5.91 Å². The fourth-order valence-corrected chi connectivity index (χ4v) is 1.49. The smallest absolute Gasteiger partial charge is 0.245 e. The standard InChI is InChI=1S/C13H24N4O2/c1-6-11(18)10-8-17(16-15-10)9(3)12(19)14-13(4,5)7-2/h8-9,11,18H,6-7H2,1-5H3,(H,14,19). The number of aliphatic hydroxyl groups is 1. The first-order chi connectivity index (χ1) is 8.80. The van der Waals surface area contributed by atoms with E-state index in [1.165, 1.54) is 4.68 Å². The van der Waals surface area contributed by atoms with Crippen molar-refractivity contribution in [2.75, 3.05) is 0 Å². The number of amides is 1. The Morgan fingerprint density at radius 1 is 1.53 bits per heavy atom. The third-order valence-corrected chi connectivity index (χ3v) is 3.38. The van der Waals surface area contributed by atoms with Crippen LogP contribution in [0.1, 0.15) is 65.3 Å². The first-order valence-electron chi connectivity index (χ1n) is 6.72. The van der Waals surface area contributed by atoms with E-state index in [4.69, 9.17) is 0 Å². The Bertz CT molecular complexity index is 428. The van der Waals surface area contributed by atoms with Crippen molar-refractivity contribution >= 4 is 5.91 Å². The van der Waals surface area contributed by atoms with E-state index in [1.807, 2.05) is 27.7 Å². The Hall–Kier alpha value is -1.43. The first-order valence-corrected chi connectivity index (χ1v) is 6.72. The predicted octanol–water partition coefficient (Wildman–Crippen LogP) is 1.59. The molecule has 0 aliphatic heterocycles. The van der Waals surface area contributed by atoms with Gasteiger partial charge in [-0.15, -0.1) is 5.10 Å². The van der Waals surface area contributed by atoms with E-state index in [9.17, 15) is 9.90 Å². The number of hydrogen-bond donors (Lipinski definition) is 2. The Kier molecular flexibility index (Phi) is 5.05. The summed E-state index contributed by atoms with van der Waals surface area (Å²) in [7, 11) is 0. The van der Waals surface area contributed by atoms with Crippen LogP contribution in [-0.4, -0.2) is 31.5 Å². The van der Waals surface area contributed by atoms with Crippen molar-refractivity contribution in [1.82, 2.24) is 20.3 Å². The molecule has 0 radical (unpaired) electrons. The van der Waals surface area contributed by atoms with E-state index in [-0.39, 0.29) is 11.4 Å². The van der Waals surface area contributed by atoms with E-state index in [0.29, 0.717) is 12.1 Å². The maximum Gasteiger partial charge on any atom is 0.245 e. The van der Waals surface area contributed by atoms with Gasteiger partial charge in [-0.25, -0.2) is 4.68 Å². The highest BCUT2D eigenvalue weighted by atomic mass is 16.3. The normalized spacial score (nSPS) is 15.1. The molecule has 0 bridgehead atoms. The minimum absolute atomic E-state index is 0.103. The van der Waals surface area contributed by atoms with Gasteiger partial charge in [0.15, 0.2) is 0 Å². The van der Waals surface area contributed by atoms with Gasteiger partial charge in [0.05, 0.1) is 12.3 Å². The molecule has 1 heterocycles. The summed E-state index contributed by atoms with van der Waals surface area (Å²) in [5.41, 5.74) is 0.259. The summed E-state index contributed by atoms with van der Waals surface area (Å²) in [5, 5.41) is 20.4. The number of aliphatic hydroxyl groups excluding tert-OH is 1. The molecule has 0 aliphatic carbocycles. The average molecular weight is 268 g/mol. The molecule has 6 heteroatoms. The summed E-state index contributed by atoms with van der Waals surface area (Å²) >= 11 is 0. The molecule has 0 aromatic carbocycles. The molecule has 0 aliphatic rings. The van der Waals surface area contributed by atoms with Crippen molar-refractivity contribution in [2.45, 2.75) is 65.1 Å². The number of carbonyl (C=O) groups is 1. The SMILES string of the molecule is CCC(O)c1cn(C(C)C(=O)NC(C)(C)CC)nn1. The largest absolute Gasteiger partial charge is 0.387 e. The predicted molar refractivity (Wildman–Crippen MR) is 72.5 cm³/mol. The van der Waals surface area contributed by atoms with E-state index < -0.39 is 12.1 Å². The lowest BCUT2D eigenvalue weighted by molar-refractivity contribution is -0.125. The van der Waals surface area contributed by atoms with Crippen molar-refractivity contribution < 1.29 is 9.90 Å². The molecule has 1 aromatic heterocycles. The second-order valence-corrected chi connectivity index (χ2v) is 5.45. The molecule has 1 aromatic rings. The molecule has 108 valence electrons. The van der Waals surface area contributed by atoms with Crippen LogP contribution >= 0.6 is 0 Å². The maximum atomic E-state index is 12.1. The van der Waals surface area contributed by atoms with Crippen molar-refractivity contribution in [2.24, 2.45) is 0 Å². The van der Waals surface area contributed by atoms with Gasteiger partial charge in [-0.1, -0.05) is 19.1 Å². The van der Waals surface area contributed by atoms with E-state index in [1.54, 1.807) is 13.1 Å². The second kappa shape index (κ2) is 6.14. The zero-order valence-corrected chi connectivity index (χ0v) is 12.3. The number of rotatable bonds is 6.